The summed E-state index contributed by atoms with van der Waals surface area (Å²) >= 11 is 0. The summed E-state index contributed by atoms with van der Waals surface area (Å²) in [5, 5.41) is 3.01. The minimum absolute atomic E-state index is 0.0111. The number of anilines is 1. The molecule has 5 nitrogen and oxygen atoms in total. The number of carbonyl (C=O) groups is 2. The Balaban J connectivity index is 1.54. The summed E-state index contributed by atoms with van der Waals surface area (Å²) < 4.78 is 0. The molecule has 2 aromatic rings. The molecule has 0 unspecified atom stereocenters. The molecule has 1 N–H and O–H groups in total. The molecule has 0 aromatic heterocycles. The fourth-order valence-corrected chi connectivity index (χ4v) is 3.54. The summed E-state index contributed by atoms with van der Waals surface area (Å²) in [4.78, 5) is 29.3. The molecule has 1 heterocycles. The standard InChI is InChI=1S/C23H29N3O2/c1-16-7-5-9-20(18(16)3)23(28)26-13-11-25(12-14-26)15-22(27)24-21-10-6-8-17(2)19(21)4/h5-10H,11-15H2,1-4H3,(H,24,27). The topological polar surface area (TPSA) is 52.7 Å². The number of nitrogens with zero attached hydrogens (tertiary/aromatic N) is 2. The van der Waals surface area contributed by atoms with Crippen molar-refractivity contribution in [1.29, 1.82) is 0 Å². The summed E-state index contributed by atoms with van der Waals surface area (Å²) in [5.74, 6) is 0.0729. The SMILES string of the molecule is Cc1cccc(NC(=O)CN2CCN(C(=O)c3cccc(C)c3C)CC2)c1C. The number of carbonyl (C=O) groups excluding carboxylic acids is 2. The van der Waals surface area contributed by atoms with Gasteiger partial charge < -0.3 is 10.2 Å². The van der Waals surface area contributed by atoms with Gasteiger partial charge in [-0.15, -0.1) is 0 Å². The molecular weight excluding hydrogens is 350 g/mol. The predicted molar refractivity (Wildman–Crippen MR) is 113 cm³/mol. The zero-order chi connectivity index (χ0) is 20.3. The third-order valence-electron chi connectivity index (χ3n) is 5.74. The Morgan fingerprint density at radius 2 is 1.46 bits per heavy atom. The van der Waals surface area contributed by atoms with E-state index in [4.69, 9.17) is 0 Å². The molecule has 28 heavy (non-hydrogen) atoms. The molecular formula is C23H29N3O2. The molecule has 0 bridgehead atoms. The van der Waals surface area contributed by atoms with E-state index in [0.29, 0.717) is 32.7 Å². The summed E-state index contributed by atoms with van der Waals surface area (Å²) in [6.07, 6.45) is 0. The first-order valence-corrected chi connectivity index (χ1v) is 9.80. The Morgan fingerprint density at radius 1 is 0.857 bits per heavy atom. The van der Waals surface area contributed by atoms with Gasteiger partial charge in [0, 0.05) is 37.4 Å². The molecule has 1 saturated heterocycles. The zero-order valence-corrected chi connectivity index (χ0v) is 17.2. The highest BCUT2D eigenvalue weighted by Crippen LogP contribution is 2.18. The highest BCUT2D eigenvalue weighted by Gasteiger charge is 2.24. The number of benzene rings is 2. The lowest BCUT2D eigenvalue weighted by molar-refractivity contribution is -0.117. The van der Waals surface area contributed by atoms with Gasteiger partial charge in [0.15, 0.2) is 0 Å². The van der Waals surface area contributed by atoms with Crippen molar-refractivity contribution in [2.24, 2.45) is 0 Å². The number of aryl methyl sites for hydroxylation is 2. The van der Waals surface area contributed by atoms with Gasteiger partial charge in [0.25, 0.3) is 5.91 Å². The Morgan fingerprint density at radius 3 is 2.14 bits per heavy atom. The maximum absolute atomic E-state index is 12.8. The largest absolute Gasteiger partial charge is 0.336 e. The number of piperazine rings is 1. The van der Waals surface area contributed by atoms with Crippen LogP contribution >= 0.6 is 0 Å². The van der Waals surface area contributed by atoms with E-state index in [1.807, 2.05) is 69.0 Å². The summed E-state index contributed by atoms with van der Waals surface area (Å²) in [5.41, 5.74) is 6.08. The van der Waals surface area contributed by atoms with Gasteiger partial charge in [0.05, 0.1) is 6.54 Å². The quantitative estimate of drug-likeness (QED) is 0.887. The van der Waals surface area contributed by atoms with Crippen molar-refractivity contribution in [3.05, 3.63) is 64.2 Å². The van der Waals surface area contributed by atoms with Crippen LogP contribution in [0.1, 0.15) is 32.6 Å². The number of nitrogens with one attached hydrogen (secondary N) is 1. The smallest absolute Gasteiger partial charge is 0.254 e. The third kappa shape index (κ3) is 4.42. The van der Waals surface area contributed by atoms with Gasteiger partial charge in [-0.1, -0.05) is 24.3 Å². The summed E-state index contributed by atoms with van der Waals surface area (Å²) in [7, 11) is 0. The molecule has 1 fully saturated rings. The highest BCUT2D eigenvalue weighted by atomic mass is 16.2. The fourth-order valence-electron chi connectivity index (χ4n) is 3.54. The van der Waals surface area contributed by atoms with E-state index in [-0.39, 0.29) is 11.8 Å². The molecule has 3 rings (SSSR count). The predicted octanol–water partition coefficient (Wildman–Crippen LogP) is 3.32. The van der Waals surface area contributed by atoms with E-state index in [1.54, 1.807) is 0 Å². The Labute approximate surface area is 167 Å². The van der Waals surface area contributed by atoms with Crippen LogP contribution in [0.5, 0.6) is 0 Å². The van der Waals surface area contributed by atoms with E-state index >= 15 is 0 Å². The van der Waals surface area contributed by atoms with Gasteiger partial charge in [-0.05, 0) is 62.1 Å². The van der Waals surface area contributed by atoms with Gasteiger partial charge in [-0.3, -0.25) is 14.5 Å². The zero-order valence-electron chi connectivity index (χ0n) is 17.2. The Kier molecular flexibility index (Phi) is 6.15. The van der Waals surface area contributed by atoms with E-state index in [1.165, 1.54) is 0 Å². The van der Waals surface area contributed by atoms with Gasteiger partial charge >= 0.3 is 0 Å². The van der Waals surface area contributed by atoms with Crippen molar-refractivity contribution < 1.29 is 9.59 Å². The lowest BCUT2D eigenvalue weighted by atomic mass is 10.0. The fraction of sp³-hybridized carbons (Fsp3) is 0.391. The van der Waals surface area contributed by atoms with Crippen molar-refractivity contribution in [3.8, 4) is 0 Å². The molecule has 0 atom stereocenters. The summed E-state index contributed by atoms with van der Waals surface area (Å²) in [6, 6.07) is 11.8. The Bertz CT molecular complexity index is 883. The van der Waals surface area contributed by atoms with Crippen molar-refractivity contribution in [2.45, 2.75) is 27.7 Å². The average molecular weight is 380 g/mol. The lowest BCUT2D eigenvalue weighted by Gasteiger charge is -2.34. The van der Waals surface area contributed by atoms with Crippen LogP contribution < -0.4 is 5.32 Å². The van der Waals surface area contributed by atoms with Crippen LogP contribution in [0, 0.1) is 27.7 Å². The molecule has 0 aliphatic carbocycles. The monoisotopic (exact) mass is 379 g/mol. The van der Waals surface area contributed by atoms with E-state index in [2.05, 4.69) is 10.2 Å². The van der Waals surface area contributed by atoms with Crippen molar-refractivity contribution in [3.63, 3.8) is 0 Å². The second-order valence-corrected chi connectivity index (χ2v) is 7.61. The number of amides is 2. The van der Waals surface area contributed by atoms with Crippen molar-refractivity contribution >= 4 is 17.5 Å². The van der Waals surface area contributed by atoms with Crippen LogP contribution in [0.15, 0.2) is 36.4 Å². The van der Waals surface area contributed by atoms with Crippen LogP contribution in [0.4, 0.5) is 5.69 Å². The first-order valence-electron chi connectivity index (χ1n) is 9.80. The molecule has 5 heteroatoms. The van der Waals surface area contributed by atoms with Crippen LogP contribution in [0.25, 0.3) is 0 Å². The molecule has 0 radical (unpaired) electrons. The maximum atomic E-state index is 12.8. The average Bonchev–Trinajstić information content (AvgIpc) is 2.68. The van der Waals surface area contributed by atoms with Gasteiger partial charge in [-0.25, -0.2) is 0 Å². The molecule has 2 amide bonds. The second kappa shape index (κ2) is 8.57. The molecule has 2 aromatic carbocycles. The van der Waals surface area contributed by atoms with E-state index in [0.717, 1.165) is 33.5 Å². The second-order valence-electron chi connectivity index (χ2n) is 7.61. The molecule has 148 valence electrons. The normalized spacial score (nSPS) is 14.8. The number of rotatable bonds is 4. The van der Waals surface area contributed by atoms with Crippen molar-refractivity contribution in [1.82, 2.24) is 9.80 Å². The molecule has 1 aliphatic heterocycles. The first kappa shape index (κ1) is 20.1. The number of hydrogen-bond acceptors (Lipinski definition) is 3. The maximum Gasteiger partial charge on any atom is 0.254 e. The minimum Gasteiger partial charge on any atom is -0.336 e. The highest BCUT2D eigenvalue weighted by molar-refractivity contribution is 5.96. The van der Waals surface area contributed by atoms with Crippen LogP contribution in [0.2, 0.25) is 0 Å². The minimum atomic E-state index is -0.0111. The van der Waals surface area contributed by atoms with Gasteiger partial charge in [0.1, 0.15) is 0 Å². The molecule has 0 saturated carbocycles. The van der Waals surface area contributed by atoms with Crippen LogP contribution in [0.3, 0.4) is 0 Å². The third-order valence-corrected chi connectivity index (χ3v) is 5.74. The lowest BCUT2D eigenvalue weighted by Crippen LogP contribution is -2.50. The summed E-state index contributed by atoms with van der Waals surface area (Å²) in [6.45, 7) is 11.1. The van der Waals surface area contributed by atoms with E-state index < -0.39 is 0 Å². The van der Waals surface area contributed by atoms with Gasteiger partial charge in [-0.2, -0.15) is 0 Å². The van der Waals surface area contributed by atoms with Crippen LogP contribution in [-0.4, -0.2) is 54.3 Å². The van der Waals surface area contributed by atoms with E-state index in [9.17, 15) is 9.59 Å². The Hall–Kier alpha value is -2.66. The number of hydrogen-bond donors (Lipinski definition) is 1. The molecule has 1 aliphatic rings. The van der Waals surface area contributed by atoms with Crippen LogP contribution in [-0.2, 0) is 4.79 Å². The molecule has 0 spiro atoms. The van der Waals surface area contributed by atoms with Crippen molar-refractivity contribution in [2.75, 3.05) is 38.0 Å². The first-order chi connectivity index (χ1) is 13.4. The van der Waals surface area contributed by atoms with Gasteiger partial charge in [0.2, 0.25) is 5.91 Å².